The maximum absolute atomic E-state index is 5.91. The van der Waals surface area contributed by atoms with Crippen LogP contribution in [0.15, 0.2) is 60.7 Å². The Morgan fingerprint density at radius 2 is 1.48 bits per heavy atom. The van der Waals surface area contributed by atoms with Gasteiger partial charge in [-0.15, -0.1) is 0 Å². The Morgan fingerprint density at radius 3 is 2.15 bits per heavy atom. The van der Waals surface area contributed by atoms with Gasteiger partial charge in [0.1, 0.15) is 23.9 Å². The van der Waals surface area contributed by atoms with Gasteiger partial charge in [0.2, 0.25) is 0 Å². The van der Waals surface area contributed by atoms with E-state index in [0.29, 0.717) is 13.2 Å². The van der Waals surface area contributed by atoms with Gasteiger partial charge in [0.05, 0.1) is 13.7 Å². The average Bonchev–Trinajstić information content (AvgIpc) is 2.71. The molecule has 0 bridgehead atoms. The molecule has 1 unspecified atom stereocenters. The van der Waals surface area contributed by atoms with Crippen molar-refractivity contribution < 1.29 is 18.9 Å². The van der Waals surface area contributed by atoms with E-state index in [-0.39, 0.29) is 6.29 Å². The van der Waals surface area contributed by atoms with Crippen LogP contribution in [0.2, 0.25) is 0 Å². The summed E-state index contributed by atoms with van der Waals surface area (Å²) in [6, 6.07) is 20.0. The highest BCUT2D eigenvalue weighted by atomic mass is 16.7. The number of hydrogen-bond donors (Lipinski definition) is 0. The number of rotatable bonds is 9. The highest BCUT2D eigenvalue weighted by Crippen LogP contribution is 2.32. The van der Waals surface area contributed by atoms with Crippen molar-refractivity contribution in [1.82, 2.24) is 0 Å². The van der Waals surface area contributed by atoms with Crippen molar-refractivity contribution in [3.05, 3.63) is 66.2 Å². The molecule has 0 aromatic heterocycles. The molecular formula is C23H26O4. The molecular weight excluding hydrogens is 340 g/mol. The minimum Gasteiger partial charge on any atom is -0.496 e. The third-order valence-electron chi connectivity index (χ3n) is 4.39. The summed E-state index contributed by atoms with van der Waals surface area (Å²) in [4.78, 5) is 0. The van der Waals surface area contributed by atoms with Crippen molar-refractivity contribution >= 4 is 10.8 Å². The second-order valence-corrected chi connectivity index (χ2v) is 6.21. The maximum atomic E-state index is 5.91. The van der Waals surface area contributed by atoms with Gasteiger partial charge in [0.15, 0.2) is 6.29 Å². The first-order valence-corrected chi connectivity index (χ1v) is 9.27. The van der Waals surface area contributed by atoms with Crippen molar-refractivity contribution in [2.45, 2.75) is 26.6 Å². The highest BCUT2D eigenvalue weighted by Gasteiger charge is 2.08. The van der Waals surface area contributed by atoms with Gasteiger partial charge in [-0.05, 0) is 43.2 Å². The normalized spacial score (nSPS) is 12.0. The Kier molecular flexibility index (Phi) is 6.55. The summed E-state index contributed by atoms with van der Waals surface area (Å²) in [5.74, 6) is 2.46. The Bertz CT molecular complexity index is 858. The summed E-state index contributed by atoms with van der Waals surface area (Å²) in [6.07, 6.45) is 0.678. The lowest BCUT2D eigenvalue weighted by Gasteiger charge is -2.16. The van der Waals surface area contributed by atoms with Gasteiger partial charge in [0.25, 0.3) is 0 Å². The lowest BCUT2D eigenvalue weighted by Crippen LogP contribution is -2.19. The highest BCUT2D eigenvalue weighted by molar-refractivity contribution is 5.93. The summed E-state index contributed by atoms with van der Waals surface area (Å²) in [6.45, 7) is 4.90. The van der Waals surface area contributed by atoms with Crippen molar-refractivity contribution in [3.63, 3.8) is 0 Å². The zero-order chi connectivity index (χ0) is 19.1. The van der Waals surface area contributed by atoms with Gasteiger partial charge < -0.3 is 18.9 Å². The molecule has 142 valence electrons. The molecule has 0 heterocycles. The lowest BCUT2D eigenvalue weighted by molar-refractivity contribution is -0.0738. The number of methoxy groups -OCH3 is 1. The van der Waals surface area contributed by atoms with E-state index in [4.69, 9.17) is 18.9 Å². The largest absolute Gasteiger partial charge is 0.496 e. The first-order valence-electron chi connectivity index (χ1n) is 9.27. The van der Waals surface area contributed by atoms with Crippen LogP contribution in [0.5, 0.6) is 17.2 Å². The molecule has 1 atom stereocenters. The minimum atomic E-state index is -0.339. The number of aryl methyl sites for hydroxylation is 1. The van der Waals surface area contributed by atoms with Gasteiger partial charge in [-0.2, -0.15) is 0 Å². The zero-order valence-corrected chi connectivity index (χ0v) is 16.1. The third-order valence-corrected chi connectivity index (χ3v) is 4.39. The van der Waals surface area contributed by atoms with E-state index in [1.165, 1.54) is 5.56 Å². The average molecular weight is 366 g/mol. The van der Waals surface area contributed by atoms with Gasteiger partial charge in [0, 0.05) is 10.8 Å². The number of benzene rings is 3. The predicted octanol–water partition coefficient (Wildman–Crippen LogP) is 5.23. The van der Waals surface area contributed by atoms with Crippen molar-refractivity contribution in [3.8, 4) is 17.2 Å². The van der Waals surface area contributed by atoms with Crippen molar-refractivity contribution in [2.75, 3.05) is 20.3 Å². The van der Waals surface area contributed by atoms with Crippen LogP contribution in [0.1, 0.15) is 19.4 Å². The SMILES string of the molecule is CCc1ccc(OC(C)OCCOc2ccc(OC)c3ccccc23)cc1. The summed E-state index contributed by atoms with van der Waals surface area (Å²) in [5.41, 5.74) is 1.29. The molecule has 0 saturated heterocycles. The molecule has 4 heteroatoms. The van der Waals surface area contributed by atoms with Crippen LogP contribution in [-0.2, 0) is 11.2 Å². The fourth-order valence-corrected chi connectivity index (χ4v) is 2.94. The topological polar surface area (TPSA) is 36.9 Å². The van der Waals surface area contributed by atoms with Crippen LogP contribution in [0.25, 0.3) is 10.8 Å². The molecule has 0 saturated carbocycles. The molecule has 27 heavy (non-hydrogen) atoms. The van der Waals surface area contributed by atoms with Gasteiger partial charge >= 0.3 is 0 Å². The molecule has 0 radical (unpaired) electrons. The first kappa shape index (κ1) is 19.1. The second kappa shape index (κ2) is 9.28. The fourth-order valence-electron chi connectivity index (χ4n) is 2.94. The van der Waals surface area contributed by atoms with E-state index >= 15 is 0 Å². The molecule has 4 nitrogen and oxygen atoms in total. The lowest BCUT2D eigenvalue weighted by atomic mass is 10.1. The first-order chi connectivity index (χ1) is 13.2. The molecule has 0 N–H and O–H groups in total. The van der Waals surface area contributed by atoms with E-state index < -0.39 is 0 Å². The van der Waals surface area contributed by atoms with E-state index in [0.717, 1.165) is 34.4 Å². The number of ether oxygens (including phenoxy) is 4. The van der Waals surface area contributed by atoms with Gasteiger partial charge in [-0.3, -0.25) is 0 Å². The van der Waals surface area contributed by atoms with Gasteiger partial charge in [-0.1, -0.05) is 43.3 Å². The van der Waals surface area contributed by atoms with Crippen molar-refractivity contribution in [2.24, 2.45) is 0 Å². The quantitative estimate of drug-likeness (QED) is 0.384. The molecule has 3 aromatic rings. The van der Waals surface area contributed by atoms with E-state index in [9.17, 15) is 0 Å². The number of hydrogen-bond acceptors (Lipinski definition) is 4. The second-order valence-electron chi connectivity index (χ2n) is 6.21. The summed E-state index contributed by atoms with van der Waals surface area (Å²) in [5, 5.41) is 2.06. The summed E-state index contributed by atoms with van der Waals surface area (Å²) in [7, 11) is 1.67. The Hall–Kier alpha value is -2.72. The van der Waals surface area contributed by atoms with Crippen LogP contribution >= 0.6 is 0 Å². The fraction of sp³-hybridized carbons (Fsp3) is 0.304. The monoisotopic (exact) mass is 366 g/mol. The van der Waals surface area contributed by atoms with E-state index in [1.807, 2.05) is 55.5 Å². The predicted molar refractivity (Wildman–Crippen MR) is 108 cm³/mol. The molecule has 0 amide bonds. The van der Waals surface area contributed by atoms with E-state index in [1.54, 1.807) is 7.11 Å². The van der Waals surface area contributed by atoms with E-state index in [2.05, 4.69) is 19.1 Å². The number of fused-ring (bicyclic) bond motifs is 1. The Balaban J connectivity index is 1.50. The minimum absolute atomic E-state index is 0.339. The van der Waals surface area contributed by atoms with Crippen molar-refractivity contribution in [1.29, 1.82) is 0 Å². The smallest absolute Gasteiger partial charge is 0.197 e. The van der Waals surface area contributed by atoms with Crippen LogP contribution in [0, 0.1) is 0 Å². The standard InChI is InChI=1S/C23H26O4/c1-4-18-9-11-19(12-10-18)27-17(2)25-15-16-26-23-14-13-22(24-3)20-7-5-6-8-21(20)23/h5-14,17H,4,15-16H2,1-3H3. The summed E-state index contributed by atoms with van der Waals surface area (Å²) >= 11 is 0. The molecule has 0 aliphatic carbocycles. The molecule has 0 spiro atoms. The van der Waals surface area contributed by atoms with Crippen LogP contribution < -0.4 is 14.2 Å². The van der Waals surface area contributed by atoms with Gasteiger partial charge in [-0.25, -0.2) is 0 Å². The molecule has 3 rings (SSSR count). The van der Waals surface area contributed by atoms with Crippen LogP contribution in [-0.4, -0.2) is 26.6 Å². The summed E-state index contributed by atoms with van der Waals surface area (Å²) < 4.78 is 22.8. The zero-order valence-electron chi connectivity index (χ0n) is 16.1. The molecule has 3 aromatic carbocycles. The van der Waals surface area contributed by atoms with Crippen LogP contribution in [0.4, 0.5) is 0 Å². The Labute approximate surface area is 160 Å². The molecule has 0 fully saturated rings. The Morgan fingerprint density at radius 1 is 0.815 bits per heavy atom. The van der Waals surface area contributed by atoms with Crippen LogP contribution in [0.3, 0.4) is 0 Å². The maximum Gasteiger partial charge on any atom is 0.197 e. The molecule has 0 aliphatic heterocycles. The molecule has 0 aliphatic rings. The third kappa shape index (κ3) is 4.92.